The Morgan fingerprint density at radius 1 is 1.00 bits per heavy atom. The Morgan fingerprint density at radius 3 is 2.41 bits per heavy atom. The van der Waals surface area contributed by atoms with Crippen LogP contribution in [0, 0.1) is 0 Å². The summed E-state index contributed by atoms with van der Waals surface area (Å²) in [6.07, 6.45) is 12.8. The highest BCUT2D eigenvalue weighted by Gasteiger charge is 2.09. The molecule has 2 rings (SSSR count). The highest BCUT2D eigenvalue weighted by molar-refractivity contribution is 5.48. The fourth-order valence-corrected chi connectivity index (χ4v) is 2.48. The van der Waals surface area contributed by atoms with Crippen LogP contribution < -0.4 is 5.32 Å². The number of benzene rings is 1. The second-order valence-corrected chi connectivity index (χ2v) is 4.91. The zero-order valence-corrected chi connectivity index (χ0v) is 10.6. The van der Waals surface area contributed by atoms with Crippen LogP contribution in [0.2, 0.25) is 0 Å². The maximum Gasteiger partial charge on any atom is 0.0140 e. The van der Waals surface area contributed by atoms with Crippen LogP contribution in [0.3, 0.4) is 0 Å². The molecule has 1 aromatic carbocycles. The molecule has 0 aliphatic heterocycles. The van der Waals surface area contributed by atoms with Gasteiger partial charge in [0.25, 0.3) is 0 Å². The van der Waals surface area contributed by atoms with Gasteiger partial charge in [0.2, 0.25) is 0 Å². The Kier molecular flexibility index (Phi) is 5.31. The summed E-state index contributed by atoms with van der Waals surface area (Å²) in [5.74, 6) is 0. The lowest BCUT2D eigenvalue weighted by molar-refractivity contribution is 0.482. The van der Waals surface area contributed by atoms with E-state index < -0.39 is 0 Å². The minimum absolute atomic E-state index is 0.748. The predicted molar refractivity (Wildman–Crippen MR) is 75.0 cm³/mol. The molecule has 1 aliphatic rings. The van der Waals surface area contributed by atoms with Crippen molar-refractivity contribution in [2.24, 2.45) is 0 Å². The highest BCUT2D eigenvalue weighted by Crippen LogP contribution is 2.16. The van der Waals surface area contributed by atoms with Crippen molar-refractivity contribution in [3.8, 4) is 0 Å². The summed E-state index contributed by atoms with van der Waals surface area (Å²) in [5.41, 5.74) is 1.29. The molecule has 0 radical (unpaired) electrons. The molecule has 0 unspecified atom stereocenters. The van der Waals surface area contributed by atoms with Crippen molar-refractivity contribution in [2.45, 2.75) is 44.6 Å². The van der Waals surface area contributed by atoms with E-state index in [0.717, 1.165) is 12.6 Å². The van der Waals surface area contributed by atoms with Gasteiger partial charge in [-0.1, -0.05) is 68.2 Å². The molecule has 1 N–H and O–H groups in total. The van der Waals surface area contributed by atoms with Crippen molar-refractivity contribution in [2.75, 3.05) is 6.54 Å². The van der Waals surface area contributed by atoms with E-state index in [1.54, 1.807) is 0 Å². The largest absolute Gasteiger partial charge is 0.311 e. The van der Waals surface area contributed by atoms with Gasteiger partial charge in [-0.15, -0.1) is 0 Å². The van der Waals surface area contributed by atoms with Crippen LogP contribution in [-0.4, -0.2) is 12.6 Å². The van der Waals surface area contributed by atoms with E-state index in [2.05, 4.69) is 47.8 Å². The number of hydrogen-bond donors (Lipinski definition) is 1. The molecule has 0 heterocycles. The predicted octanol–water partition coefficient (Wildman–Crippen LogP) is 4.01. The summed E-state index contributed by atoms with van der Waals surface area (Å²) in [7, 11) is 0. The van der Waals surface area contributed by atoms with Gasteiger partial charge in [-0.25, -0.2) is 0 Å². The Balaban J connectivity index is 1.70. The number of nitrogens with one attached hydrogen (secondary N) is 1. The molecule has 1 saturated carbocycles. The summed E-state index contributed by atoms with van der Waals surface area (Å²) in [6, 6.07) is 11.3. The van der Waals surface area contributed by atoms with Gasteiger partial charge in [0.05, 0.1) is 0 Å². The van der Waals surface area contributed by atoms with Gasteiger partial charge >= 0.3 is 0 Å². The first-order valence-corrected chi connectivity index (χ1v) is 6.90. The van der Waals surface area contributed by atoms with Gasteiger partial charge in [0.1, 0.15) is 0 Å². The molecule has 1 heteroatoms. The Morgan fingerprint density at radius 2 is 1.71 bits per heavy atom. The van der Waals surface area contributed by atoms with Gasteiger partial charge < -0.3 is 5.32 Å². The van der Waals surface area contributed by atoms with E-state index in [1.165, 1.54) is 44.1 Å². The molecular weight excluding hydrogens is 206 g/mol. The lowest BCUT2D eigenvalue weighted by Crippen LogP contribution is -2.28. The zero-order chi connectivity index (χ0) is 11.8. The fourth-order valence-electron chi connectivity index (χ4n) is 2.48. The van der Waals surface area contributed by atoms with Gasteiger partial charge in [-0.3, -0.25) is 0 Å². The van der Waals surface area contributed by atoms with Crippen molar-refractivity contribution in [1.29, 1.82) is 0 Å². The molecule has 1 nitrogen and oxygen atoms in total. The van der Waals surface area contributed by atoms with E-state index in [4.69, 9.17) is 0 Å². The first-order chi connectivity index (χ1) is 8.45. The summed E-state index contributed by atoms with van der Waals surface area (Å²) in [6.45, 7) is 1.000. The molecule has 92 valence electrons. The second-order valence-electron chi connectivity index (χ2n) is 4.91. The Hall–Kier alpha value is -1.08. The highest BCUT2D eigenvalue weighted by atomic mass is 14.9. The Bertz CT molecular complexity index is 321. The van der Waals surface area contributed by atoms with Crippen LogP contribution >= 0.6 is 0 Å². The van der Waals surface area contributed by atoms with Crippen LogP contribution in [-0.2, 0) is 0 Å². The molecule has 1 aromatic rings. The normalized spacial score (nSPS) is 18.4. The quantitative estimate of drug-likeness (QED) is 0.769. The number of hydrogen-bond acceptors (Lipinski definition) is 1. The second kappa shape index (κ2) is 7.29. The lowest BCUT2D eigenvalue weighted by Gasteiger charge is -2.14. The minimum atomic E-state index is 0.748. The molecule has 1 aliphatic carbocycles. The third kappa shape index (κ3) is 4.74. The van der Waals surface area contributed by atoms with Crippen molar-refractivity contribution in [1.82, 2.24) is 5.32 Å². The number of rotatable bonds is 4. The molecule has 17 heavy (non-hydrogen) atoms. The van der Waals surface area contributed by atoms with Gasteiger partial charge in [0, 0.05) is 12.6 Å². The van der Waals surface area contributed by atoms with Crippen molar-refractivity contribution < 1.29 is 0 Å². The molecule has 0 aromatic heterocycles. The van der Waals surface area contributed by atoms with E-state index in [9.17, 15) is 0 Å². The van der Waals surface area contributed by atoms with Gasteiger partial charge in [-0.05, 0) is 18.4 Å². The maximum absolute atomic E-state index is 3.65. The van der Waals surface area contributed by atoms with Crippen molar-refractivity contribution in [3.05, 3.63) is 42.0 Å². The average Bonchev–Trinajstić information content (AvgIpc) is 2.65. The summed E-state index contributed by atoms with van der Waals surface area (Å²) in [4.78, 5) is 0. The molecule has 0 spiro atoms. The first-order valence-electron chi connectivity index (χ1n) is 6.90. The molecule has 0 atom stereocenters. The summed E-state index contributed by atoms with van der Waals surface area (Å²) in [5, 5.41) is 3.65. The zero-order valence-electron chi connectivity index (χ0n) is 10.6. The van der Waals surface area contributed by atoms with Crippen molar-refractivity contribution >= 4 is 6.08 Å². The van der Waals surface area contributed by atoms with Crippen LogP contribution in [0.1, 0.15) is 44.1 Å². The van der Waals surface area contributed by atoms with E-state index in [1.807, 2.05) is 0 Å². The molecular formula is C16H23N. The van der Waals surface area contributed by atoms with Crippen LogP contribution in [0.4, 0.5) is 0 Å². The third-order valence-corrected chi connectivity index (χ3v) is 3.49. The SMILES string of the molecule is C(=C\c1ccccc1)/CNC1CCCCCC1. The van der Waals surface area contributed by atoms with Crippen LogP contribution in [0.5, 0.6) is 0 Å². The smallest absolute Gasteiger partial charge is 0.0140 e. The maximum atomic E-state index is 3.65. The third-order valence-electron chi connectivity index (χ3n) is 3.49. The topological polar surface area (TPSA) is 12.0 Å². The monoisotopic (exact) mass is 229 g/mol. The van der Waals surface area contributed by atoms with Gasteiger partial charge in [0.15, 0.2) is 0 Å². The van der Waals surface area contributed by atoms with Crippen LogP contribution in [0.25, 0.3) is 6.08 Å². The fraction of sp³-hybridized carbons (Fsp3) is 0.500. The van der Waals surface area contributed by atoms with Gasteiger partial charge in [-0.2, -0.15) is 0 Å². The van der Waals surface area contributed by atoms with E-state index in [-0.39, 0.29) is 0 Å². The minimum Gasteiger partial charge on any atom is -0.311 e. The standard InChI is InChI=1S/C16H23N/c1-2-7-13-16(12-6-1)17-14-8-11-15-9-4-3-5-10-15/h3-5,8-11,16-17H,1-2,6-7,12-14H2/b11-8+. The molecule has 0 bridgehead atoms. The van der Waals surface area contributed by atoms with Crippen molar-refractivity contribution in [3.63, 3.8) is 0 Å². The van der Waals surface area contributed by atoms with E-state index in [0.29, 0.717) is 0 Å². The molecule has 0 saturated heterocycles. The Labute approximate surface area is 105 Å². The summed E-state index contributed by atoms with van der Waals surface area (Å²) >= 11 is 0. The molecule has 0 amide bonds. The summed E-state index contributed by atoms with van der Waals surface area (Å²) < 4.78 is 0. The average molecular weight is 229 g/mol. The first kappa shape index (κ1) is 12.4. The lowest BCUT2D eigenvalue weighted by atomic mass is 10.1. The van der Waals surface area contributed by atoms with E-state index >= 15 is 0 Å². The molecule has 1 fully saturated rings. The van der Waals surface area contributed by atoms with Crippen LogP contribution in [0.15, 0.2) is 36.4 Å².